The highest BCUT2D eigenvalue weighted by Gasteiger charge is 2.58. The number of aliphatic hydroxyl groups is 2. The molecule has 3 saturated carbocycles. The van der Waals surface area contributed by atoms with Crippen LogP contribution in [0.3, 0.4) is 0 Å². The monoisotopic (exact) mass is 332 g/mol. The third kappa shape index (κ3) is 2.26. The van der Waals surface area contributed by atoms with E-state index in [1.165, 1.54) is 5.57 Å². The summed E-state index contributed by atoms with van der Waals surface area (Å²) in [5.74, 6) is 1.53. The van der Waals surface area contributed by atoms with Gasteiger partial charge < -0.3 is 10.2 Å². The first kappa shape index (κ1) is 16.5. The van der Waals surface area contributed by atoms with Crippen LogP contribution < -0.4 is 0 Å². The van der Waals surface area contributed by atoms with Crippen molar-refractivity contribution in [3.63, 3.8) is 0 Å². The van der Waals surface area contributed by atoms with Crippen LogP contribution in [0.5, 0.6) is 0 Å². The van der Waals surface area contributed by atoms with Gasteiger partial charge in [-0.3, -0.25) is 9.59 Å². The average molecular weight is 332 g/mol. The van der Waals surface area contributed by atoms with E-state index in [1.807, 2.05) is 6.08 Å². The lowest BCUT2D eigenvalue weighted by atomic mass is 9.48. The maximum Gasteiger partial charge on any atom is 0.161 e. The van der Waals surface area contributed by atoms with Gasteiger partial charge in [-0.1, -0.05) is 12.5 Å². The van der Waals surface area contributed by atoms with E-state index in [9.17, 15) is 19.8 Å². The van der Waals surface area contributed by atoms with Gasteiger partial charge in [-0.05, 0) is 73.7 Å². The summed E-state index contributed by atoms with van der Waals surface area (Å²) in [5.41, 5.74) is 1.19. The molecule has 4 nitrogen and oxygen atoms in total. The molecular weight excluding hydrogens is 304 g/mol. The molecule has 7 atom stereocenters. The van der Waals surface area contributed by atoms with Gasteiger partial charge in [0.25, 0.3) is 0 Å². The molecule has 0 heterocycles. The maximum absolute atomic E-state index is 12.1. The molecule has 4 aliphatic carbocycles. The molecule has 0 radical (unpaired) electrons. The van der Waals surface area contributed by atoms with Crippen LogP contribution in [-0.4, -0.2) is 34.5 Å². The Balaban J connectivity index is 1.65. The molecule has 0 bridgehead atoms. The molecule has 0 aromatic carbocycles. The first-order chi connectivity index (χ1) is 11.5. The highest BCUT2D eigenvalue weighted by molar-refractivity contribution is 5.91. The number of carbonyl (C=O) groups is 2. The van der Waals surface area contributed by atoms with E-state index < -0.39 is 6.10 Å². The molecule has 4 rings (SSSR count). The van der Waals surface area contributed by atoms with Gasteiger partial charge in [0.2, 0.25) is 0 Å². The van der Waals surface area contributed by atoms with Crippen molar-refractivity contribution in [1.29, 1.82) is 0 Å². The quantitative estimate of drug-likeness (QED) is 0.813. The van der Waals surface area contributed by atoms with E-state index in [0.29, 0.717) is 24.7 Å². The van der Waals surface area contributed by atoms with E-state index in [1.54, 1.807) is 0 Å². The van der Waals surface area contributed by atoms with Crippen LogP contribution in [0.4, 0.5) is 0 Å². The number of allylic oxidation sites excluding steroid dienone is 1. The van der Waals surface area contributed by atoms with Crippen LogP contribution in [0.2, 0.25) is 0 Å². The van der Waals surface area contributed by atoms with E-state index in [4.69, 9.17) is 0 Å². The summed E-state index contributed by atoms with van der Waals surface area (Å²) in [6, 6.07) is 0. The molecule has 2 N–H and O–H groups in total. The fourth-order valence-corrected chi connectivity index (χ4v) is 6.79. The maximum atomic E-state index is 12.1. The third-order valence-corrected chi connectivity index (χ3v) is 7.83. The van der Waals surface area contributed by atoms with Crippen LogP contribution in [-0.2, 0) is 9.59 Å². The first-order valence-electron chi connectivity index (χ1n) is 9.51. The van der Waals surface area contributed by atoms with Crippen molar-refractivity contribution < 1.29 is 19.8 Å². The lowest BCUT2D eigenvalue weighted by Gasteiger charge is -2.57. The SMILES string of the molecule is C[C@]12CCC(=O)C=C1CC[C@H]1C3CC[C@H](C(=O)CO)C3C[C@H](O)C12. The normalized spacial score (nSPS) is 47.5. The number of ketones is 2. The molecule has 3 unspecified atom stereocenters. The van der Waals surface area contributed by atoms with Crippen molar-refractivity contribution in [3.05, 3.63) is 11.6 Å². The lowest BCUT2D eigenvalue weighted by molar-refractivity contribution is -0.133. The van der Waals surface area contributed by atoms with E-state index in [0.717, 1.165) is 32.1 Å². The second-order valence-corrected chi connectivity index (χ2v) is 8.72. The largest absolute Gasteiger partial charge is 0.393 e. The topological polar surface area (TPSA) is 74.6 Å². The molecule has 4 aliphatic rings. The van der Waals surface area contributed by atoms with Crippen LogP contribution in [0.1, 0.15) is 51.9 Å². The molecule has 0 spiro atoms. The van der Waals surface area contributed by atoms with Crippen molar-refractivity contribution in [2.45, 2.75) is 58.0 Å². The Labute approximate surface area is 143 Å². The Morgan fingerprint density at radius 2 is 2.00 bits per heavy atom. The molecule has 0 aliphatic heterocycles. The van der Waals surface area contributed by atoms with E-state index in [2.05, 4.69) is 6.92 Å². The number of hydrogen-bond donors (Lipinski definition) is 2. The van der Waals surface area contributed by atoms with Crippen molar-refractivity contribution >= 4 is 11.6 Å². The first-order valence-corrected chi connectivity index (χ1v) is 9.51. The van der Waals surface area contributed by atoms with Crippen molar-refractivity contribution in [3.8, 4) is 0 Å². The zero-order valence-electron chi connectivity index (χ0n) is 14.4. The summed E-state index contributed by atoms with van der Waals surface area (Å²) in [4.78, 5) is 23.9. The van der Waals surface area contributed by atoms with E-state index in [-0.39, 0.29) is 41.3 Å². The zero-order valence-corrected chi connectivity index (χ0v) is 14.4. The highest BCUT2D eigenvalue weighted by Crippen LogP contribution is 2.62. The van der Waals surface area contributed by atoms with Gasteiger partial charge >= 0.3 is 0 Å². The fraction of sp³-hybridized carbons (Fsp3) is 0.800. The van der Waals surface area contributed by atoms with Gasteiger partial charge in [-0.25, -0.2) is 0 Å². The molecular formula is C20H28O4. The predicted molar refractivity (Wildman–Crippen MR) is 89.1 cm³/mol. The van der Waals surface area contributed by atoms with E-state index >= 15 is 0 Å². The highest BCUT2D eigenvalue weighted by atomic mass is 16.3. The van der Waals surface area contributed by atoms with Gasteiger partial charge in [0.1, 0.15) is 6.61 Å². The molecule has 3 fully saturated rings. The second-order valence-electron chi connectivity index (χ2n) is 8.72. The standard InChI is InChI=1S/C20H28O4/c1-20-7-6-12(22)8-11(20)2-3-15-13-4-5-14(18(24)10-21)16(13)9-17(23)19(15)20/h8,13-17,19,21,23H,2-7,9-10H2,1H3/t13?,14-,15-,16?,17-,19?,20-/m0/s1. The number of carbonyl (C=O) groups excluding carboxylic acids is 2. The predicted octanol–water partition coefficient (Wildman–Crippen LogP) is 2.28. The summed E-state index contributed by atoms with van der Waals surface area (Å²) in [6.07, 6.45) is 7.47. The Morgan fingerprint density at radius 3 is 2.75 bits per heavy atom. The number of hydrogen-bond acceptors (Lipinski definition) is 4. The van der Waals surface area contributed by atoms with Crippen LogP contribution >= 0.6 is 0 Å². The number of rotatable bonds is 2. The molecule has 0 amide bonds. The third-order valence-electron chi connectivity index (χ3n) is 7.83. The molecule has 24 heavy (non-hydrogen) atoms. The molecule has 0 aromatic heterocycles. The molecule has 0 saturated heterocycles. The zero-order chi connectivity index (χ0) is 17.1. The van der Waals surface area contributed by atoms with Crippen LogP contribution in [0, 0.1) is 35.0 Å². The Hall–Kier alpha value is -1.00. The van der Waals surface area contributed by atoms with Crippen LogP contribution in [0.25, 0.3) is 0 Å². The molecule has 132 valence electrons. The second kappa shape index (κ2) is 5.77. The van der Waals surface area contributed by atoms with Crippen LogP contribution in [0.15, 0.2) is 11.6 Å². The summed E-state index contributed by atoms with van der Waals surface area (Å²) in [5, 5.41) is 20.3. The Bertz CT molecular complexity index is 594. The average Bonchev–Trinajstić information content (AvgIpc) is 2.98. The smallest absolute Gasteiger partial charge is 0.161 e. The molecule has 4 heteroatoms. The summed E-state index contributed by atoms with van der Waals surface area (Å²) in [7, 11) is 0. The minimum absolute atomic E-state index is 0.0426. The van der Waals surface area contributed by atoms with Gasteiger partial charge in [-0.2, -0.15) is 0 Å². The summed E-state index contributed by atoms with van der Waals surface area (Å²) in [6.45, 7) is 1.88. The number of Topliss-reactive ketones (excluding diaryl/α,β-unsaturated/α-hetero) is 1. The fourth-order valence-electron chi connectivity index (χ4n) is 6.79. The summed E-state index contributed by atoms with van der Waals surface area (Å²) < 4.78 is 0. The van der Waals surface area contributed by atoms with Gasteiger partial charge in [0, 0.05) is 12.3 Å². The Kier molecular flexibility index (Phi) is 3.96. The van der Waals surface area contributed by atoms with Crippen molar-refractivity contribution in [2.75, 3.05) is 6.61 Å². The number of fused-ring (bicyclic) bond motifs is 5. The molecule has 0 aromatic rings. The summed E-state index contributed by atoms with van der Waals surface area (Å²) >= 11 is 0. The van der Waals surface area contributed by atoms with Gasteiger partial charge in [0.15, 0.2) is 11.6 Å². The minimum Gasteiger partial charge on any atom is -0.393 e. The van der Waals surface area contributed by atoms with Gasteiger partial charge in [-0.15, -0.1) is 0 Å². The van der Waals surface area contributed by atoms with Gasteiger partial charge in [0.05, 0.1) is 6.10 Å². The lowest BCUT2D eigenvalue weighted by Crippen LogP contribution is -2.54. The minimum atomic E-state index is -0.398. The van der Waals surface area contributed by atoms with Crippen molar-refractivity contribution in [1.82, 2.24) is 0 Å². The Morgan fingerprint density at radius 1 is 1.21 bits per heavy atom. The number of aliphatic hydroxyl groups excluding tert-OH is 2. The van der Waals surface area contributed by atoms with Crippen molar-refractivity contribution in [2.24, 2.45) is 35.0 Å².